The van der Waals surface area contributed by atoms with Crippen molar-refractivity contribution in [1.29, 1.82) is 0 Å². The molecule has 4 aromatic carbocycles. The average Bonchev–Trinajstić information content (AvgIpc) is 3.51. The lowest BCUT2D eigenvalue weighted by atomic mass is 9.51. The first kappa shape index (κ1) is 33.7. The summed E-state index contributed by atoms with van der Waals surface area (Å²) in [6, 6.07) is 22.6. The highest BCUT2D eigenvalue weighted by Crippen LogP contribution is 2.64. The van der Waals surface area contributed by atoms with Gasteiger partial charge in [0, 0.05) is 17.0 Å². The third-order valence-electron chi connectivity index (χ3n) is 11.7. The standard InChI is InChI=1S/C42H34ClFN2O6/c1-21-17-25(18-22(2)36(21)47)35-28-14-15-29-34(30(28)20-31-39(50)46(41(52)42(31,35)3)27-13-16-33(44)32(43)19-27)40(51)45(38(29)49)26-11-9-24(10-12-26)37(48)23-7-5-4-6-8-23/h4-14,16-19,29-31,34-35,47H,15,20H2,1-3H3/t29-,30+,31-,34-,35-,42+/m0/s1. The van der Waals surface area contributed by atoms with E-state index in [1.807, 2.05) is 24.3 Å². The summed E-state index contributed by atoms with van der Waals surface area (Å²) < 4.78 is 14.2. The van der Waals surface area contributed by atoms with E-state index < -0.39 is 58.5 Å². The highest BCUT2D eigenvalue weighted by molar-refractivity contribution is 6.32. The van der Waals surface area contributed by atoms with Gasteiger partial charge in [0.15, 0.2) is 5.78 Å². The monoisotopic (exact) mass is 716 g/mol. The molecule has 262 valence electrons. The van der Waals surface area contributed by atoms with E-state index in [-0.39, 0.29) is 41.0 Å². The zero-order valence-corrected chi connectivity index (χ0v) is 29.4. The number of rotatable bonds is 5. The van der Waals surface area contributed by atoms with Crippen molar-refractivity contribution < 1.29 is 33.5 Å². The van der Waals surface area contributed by atoms with E-state index in [9.17, 15) is 33.5 Å². The summed E-state index contributed by atoms with van der Waals surface area (Å²) >= 11 is 6.11. The van der Waals surface area contributed by atoms with Gasteiger partial charge in [0.25, 0.3) is 0 Å². The molecule has 4 aliphatic rings. The number of benzene rings is 4. The van der Waals surface area contributed by atoms with Crippen molar-refractivity contribution in [3.05, 3.63) is 135 Å². The predicted molar refractivity (Wildman–Crippen MR) is 192 cm³/mol. The number of amides is 4. The van der Waals surface area contributed by atoms with Crippen molar-refractivity contribution in [3.63, 3.8) is 0 Å². The van der Waals surface area contributed by atoms with Gasteiger partial charge in [-0.05, 0) is 98.7 Å². The van der Waals surface area contributed by atoms with Gasteiger partial charge < -0.3 is 5.11 Å². The van der Waals surface area contributed by atoms with Crippen molar-refractivity contribution in [2.75, 3.05) is 9.80 Å². The molecule has 6 atom stereocenters. The van der Waals surface area contributed by atoms with Gasteiger partial charge in [0.1, 0.15) is 11.6 Å². The van der Waals surface area contributed by atoms with E-state index in [1.165, 1.54) is 17.0 Å². The van der Waals surface area contributed by atoms with Crippen molar-refractivity contribution in [2.45, 2.75) is 39.5 Å². The molecule has 2 aliphatic carbocycles. The van der Waals surface area contributed by atoms with Gasteiger partial charge in [-0.25, -0.2) is 9.29 Å². The summed E-state index contributed by atoms with van der Waals surface area (Å²) in [5.41, 5.74) is 2.83. The molecule has 0 aromatic heterocycles. The highest BCUT2D eigenvalue weighted by atomic mass is 35.5. The topological polar surface area (TPSA) is 112 Å². The number of aryl methyl sites for hydroxylation is 2. The Bertz CT molecular complexity index is 2250. The molecule has 3 fully saturated rings. The third-order valence-corrected chi connectivity index (χ3v) is 12.0. The Balaban J connectivity index is 1.20. The second-order valence-electron chi connectivity index (χ2n) is 14.5. The van der Waals surface area contributed by atoms with Gasteiger partial charge in [-0.3, -0.25) is 28.9 Å². The molecule has 4 amide bonds. The minimum atomic E-state index is -1.31. The fourth-order valence-electron chi connectivity index (χ4n) is 9.19. The van der Waals surface area contributed by atoms with Crippen molar-refractivity contribution in [1.82, 2.24) is 0 Å². The van der Waals surface area contributed by atoms with E-state index >= 15 is 0 Å². The maximum Gasteiger partial charge on any atom is 0.241 e. The van der Waals surface area contributed by atoms with Crippen LogP contribution in [0.25, 0.3) is 0 Å². The molecule has 0 bridgehead atoms. The van der Waals surface area contributed by atoms with Crippen molar-refractivity contribution >= 4 is 52.4 Å². The van der Waals surface area contributed by atoms with E-state index in [4.69, 9.17) is 11.6 Å². The SMILES string of the molecule is Cc1cc([C@H]2C3=CC[C@@H]4C(=O)N(c5ccc(C(=O)c6ccccc6)cc5)C(=O)[C@@H]4[C@@H]3C[C@H]3C(=O)N(c4ccc(F)c(Cl)c4)C(=O)[C@@]23C)cc(C)c1O. The largest absolute Gasteiger partial charge is 0.507 e. The Morgan fingerprint density at radius 3 is 2.10 bits per heavy atom. The summed E-state index contributed by atoms with van der Waals surface area (Å²) in [4.78, 5) is 72.9. The molecule has 8 nitrogen and oxygen atoms in total. The number of phenols is 1. The van der Waals surface area contributed by atoms with Crippen LogP contribution in [0.1, 0.15) is 58.3 Å². The number of fused-ring (bicyclic) bond motifs is 4. The molecule has 2 saturated heterocycles. The molecule has 1 N–H and O–H groups in total. The number of anilines is 2. The minimum absolute atomic E-state index is 0.121. The number of hydrogen-bond donors (Lipinski definition) is 1. The molecule has 52 heavy (non-hydrogen) atoms. The zero-order chi connectivity index (χ0) is 36.8. The normalized spacial score (nSPS) is 26.6. The summed E-state index contributed by atoms with van der Waals surface area (Å²) in [5.74, 6) is -6.04. The molecule has 0 radical (unpaired) electrons. The van der Waals surface area contributed by atoms with Crippen LogP contribution < -0.4 is 9.80 Å². The molecule has 8 rings (SSSR count). The van der Waals surface area contributed by atoms with Gasteiger partial charge >= 0.3 is 0 Å². The van der Waals surface area contributed by atoms with Crippen LogP contribution in [0.4, 0.5) is 15.8 Å². The van der Waals surface area contributed by atoms with E-state index in [0.717, 1.165) is 16.5 Å². The molecule has 0 spiro atoms. The number of halogens is 2. The number of carbonyl (C=O) groups excluding carboxylic acids is 5. The number of aromatic hydroxyl groups is 1. The van der Waals surface area contributed by atoms with Crippen LogP contribution in [0.15, 0.2) is 96.6 Å². The first-order valence-corrected chi connectivity index (χ1v) is 17.6. The number of allylic oxidation sites excluding steroid dienone is 2. The zero-order valence-electron chi connectivity index (χ0n) is 28.6. The van der Waals surface area contributed by atoms with Gasteiger partial charge in [0.05, 0.1) is 39.6 Å². The summed E-state index contributed by atoms with van der Waals surface area (Å²) in [7, 11) is 0. The third kappa shape index (κ3) is 4.82. The molecule has 2 heterocycles. The fraction of sp³-hybridized carbons (Fsp3) is 0.262. The van der Waals surface area contributed by atoms with Crippen molar-refractivity contribution in [2.24, 2.45) is 29.1 Å². The second kappa shape index (κ2) is 12.1. The lowest BCUT2D eigenvalue weighted by molar-refractivity contribution is -0.131. The predicted octanol–water partition coefficient (Wildman–Crippen LogP) is 7.47. The van der Waals surface area contributed by atoms with Gasteiger partial charge in [-0.2, -0.15) is 0 Å². The van der Waals surface area contributed by atoms with E-state index in [0.29, 0.717) is 33.5 Å². The van der Waals surface area contributed by atoms with Crippen LogP contribution in [0.5, 0.6) is 5.75 Å². The summed E-state index contributed by atoms with van der Waals surface area (Å²) in [5, 5.41) is 10.5. The van der Waals surface area contributed by atoms with E-state index in [1.54, 1.807) is 69.3 Å². The van der Waals surface area contributed by atoms with Gasteiger partial charge in [0.2, 0.25) is 23.6 Å². The van der Waals surface area contributed by atoms with Crippen LogP contribution in [-0.4, -0.2) is 34.5 Å². The summed E-state index contributed by atoms with van der Waals surface area (Å²) in [6.07, 6.45) is 2.36. The van der Waals surface area contributed by atoms with Crippen LogP contribution >= 0.6 is 11.6 Å². The van der Waals surface area contributed by atoms with Crippen LogP contribution in [0.2, 0.25) is 5.02 Å². The quantitative estimate of drug-likeness (QED) is 0.130. The molecule has 10 heteroatoms. The Kier molecular flexibility index (Phi) is 7.84. The highest BCUT2D eigenvalue weighted by Gasteiger charge is 2.67. The number of nitrogens with zero attached hydrogens (tertiary/aromatic N) is 2. The van der Waals surface area contributed by atoms with Gasteiger partial charge in [-0.1, -0.05) is 65.7 Å². The Morgan fingerprint density at radius 2 is 1.44 bits per heavy atom. The van der Waals surface area contributed by atoms with Crippen molar-refractivity contribution in [3.8, 4) is 5.75 Å². The van der Waals surface area contributed by atoms with E-state index in [2.05, 4.69) is 0 Å². The van der Waals surface area contributed by atoms with Gasteiger partial charge in [-0.15, -0.1) is 0 Å². The first-order chi connectivity index (χ1) is 24.8. The van der Waals surface area contributed by atoms with Crippen LogP contribution in [-0.2, 0) is 19.2 Å². The molecule has 0 unspecified atom stereocenters. The molecular weight excluding hydrogens is 683 g/mol. The average molecular weight is 717 g/mol. The molecule has 1 saturated carbocycles. The first-order valence-electron chi connectivity index (χ1n) is 17.2. The summed E-state index contributed by atoms with van der Waals surface area (Å²) in [6.45, 7) is 5.30. The second-order valence-corrected chi connectivity index (χ2v) is 14.9. The molecular formula is C42H34ClFN2O6. The lowest BCUT2D eigenvalue weighted by Crippen LogP contribution is -2.49. The maximum atomic E-state index is 14.6. The number of ketones is 1. The maximum absolute atomic E-state index is 14.6. The number of carbonyl (C=O) groups is 5. The fourth-order valence-corrected chi connectivity index (χ4v) is 9.37. The number of hydrogen-bond acceptors (Lipinski definition) is 6. The molecule has 2 aliphatic heterocycles. The lowest BCUT2D eigenvalue weighted by Gasteiger charge is -2.49. The number of imide groups is 2. The Labute approximate surface area is 304 Å². The van der Waals surface area contributed by atoms with Crippen LogP contribution in [0.3, 0.4) is 0 Å². The minimum Gasteiger partial charge on any atom is -0.507 e. The number of phenolic OH excluding ortho intramolecular Hbond substituents is 1. The molecule has 4 aromatic rings. The Morgan fingerprint density at radius 1 is 0.808 bits per heavy atom. The van der Waals surface area contributed by atoms with Crippen LogP contribution in [0, 0.1) is 48.8 Å². The smallest absolute Gasteiger partial charge is 0.241 e. The Hall–Kier alpha value is -5.41.